The second kappa shape index (κ2) is 4.55. The molecule has 0 radical (unpaired) electrons. The number of nitrogens with two attached hydrogens (primary N) is 1. The molecule has 0 aromatic carbocycles. The average molecular weight is 287 g/mol. The van der Waals surface area contributed by atoms with Gasteiger partial charge >= 0.3 is 0 Å². The molecule has 0 amide bonds. The summed E-state index contributed by atoms with van der Waals surface area (Å²) in [5, 5.41) is 3.15. The van der Waals surface area contributed by atoms with Crippen molar-refractivity contribution < 1.29 is 4.74 Å². The Morgan fingerprint density at radius 3 is 3.06 bits per heavy atom. The van der Waals surface area contributed by atoms with Gasteiger partial charge in [0.1, 0.15) is 10.4 Å². The third-order valence-electron chi connectivity index (χ3n) is 2.64. The maximum absolute atomic E-state index is 5.66. The van der Waals surface area contributed by atoms with E-state index in [-0.39, 0.29) is 5.60 Å². The number of nitrogens with one attached hydrogen (secondary N) is 1. The van der Waals surface area contributed by atoms with Crippen molar-refractivity contribution in [2.45, 2.75) is 25.4 Å². The predicted octanol–water partition coefficient (Wildman–Crippen LogP) is 1.80. The maximum atomic E-state index is 5.66. The van der Waals surface area contributed by atoms with Gasteiger partial charge in [-0.25, -0.2) is 4.98 Å². The van der Waals surface area contributed by atoms with Crippen molar-refractivity contribution in [3.8, 4) is 0 Å². The first-order valence-electron chi connectivity index (χ1n) is 5.25. The van der Waals surface area contributed by atoms with Crippen LogP contribution in [0.5, 0.6) is 0 Å². The molecule has 6 heteroatoms. The average Bonchev–Trinajstić information content (AvgIpc) is 2.62. The molecule has 3 N–H and O–H groups in total. The largest absolute Gasteiger partial charge is 0.383 e. The normalized spacial score (nSPS) is 24.6. The second-order valence-corrected chi connectivity index (χ2v) is 5.01. The van der Waals surface area contributed by atoms with Crippen molar-refractivity contribution in [2.75, 3.05) is 24.2 Å². The van der Waals surface area contributed by atoms with Crippen LogP contribution in [0.25, 0.3) is 0 Å². The molecule has 1 atom stereocenters. The zero-order chi connectivity index (χ0) is 11.6. The van der Waals surface area contributed by atoms with Gasteiger partial charge in [-0.2, -0.15) is 4.98 Å². The summed E-state index contributed by atoms with van der Waals surface area (Å²) < 4.78 is 6.34. The van der Waals surface area contributed by atoms with E-state index < -0.39 is 0 Å². The van der Waals surface area contributed by atoms with E-state index in [0.29, 0.717) is 22.9 Å². The van der Waals surface area contributed by atoms with Gasteiger partial charge in [-0.15, -0.1) is 0 Å². The number of nitrogen functional groups attached to an aromatic ring is 1. The molecule has 0 bridgehead atoms. The fraction of sp³-hybridized carbons (Fsp3) is 0.600. The number of ether oxygens (including phenoxy) is 1. The Hall–Kier alpha value is -0.880. The highest BCUT2D eigenvalue weighted by Crippen LogP contribution is 2.25. The van der Waals surface area contributed by atoms with Crippen LogP contribution in [0, 0.1) is 0 Å². The van der Waals surface area contributed by atoms with Crippen LogP contribution in [0.15, 0.2) is 10.7 Å². The molecule has 88 valence electrons. The zero-order valence-electron chi connectivity index (χ0n) is 9.16. The summed E-state index contributed by atoms with van der Waals surface area (Å²) in [6.07, 6.45) is 2.17. The molecule has 2 rings (SSSR count). The van der Waals surface area contributed by atoms with Gasteiger partial charge in [0.05, 0.1) is 5.60 Å². The van der Waals surface area contributed by atoms with E-state index in [1.54, 1.807) is 6.07 Å². The molecule has 1 fully saturated rings. The van der Waals surface area contributed by atoms with E-state index in [1.807, 2.05) is 0 Å². The quantitative estimate of drug-likeness (QED) is 0.829. The van der Waals surface area contributed by atoms with Crippen molar-refractivity contribution in [3.63, 3.8) is 0 Å². The van der Waals surface area contributed by atoms with Crippen molar-refractivity contribution in [2.24, 2.45) is 0 Å². The SMILES string of the molecule is CC1(CNc2nc(N)cc(Br)n2)CCCO1. The van der Waals surface area contributed by atoms with Gasteiger partial charge in [-0.05, 0) is 35.7 Å². The highest BCUT2D eigenvalue weighted by molar-refractivity contribution is 9.10. The minimum atomic E-state index is -0.111. The molecule has 0 spiro atoms. The topological polar surface area (TPSA) is 73.1 Å². The fourth-order valence-corrected chi connectivity index (χ4v) is 2.16. The Morgan fingerprint density at radius 1 is 1.62 bits per heavy atom. The zero-order valence-corrected chi connectivity index (χ0v) is 10.7. The second-order valence-electron chi connectivity index (χ2n) is 4.19. The first kappa shape index (κ1) is 11.6. The van der Waals surface area contributed by atoms with Gasteiger partial charge in [0.2, 0.25) is 5.95 Å². The van der Waals surface area contributed by atoms with Crippen LogP contribution >= 0.6 is 15.9 Å². The van der Waals surface area contributed by atoms with Crippen molar-refractivity contribution in [1.29, 1.82) is 0 Å². The molecular weight excluding hydrogens is 272 g/mol. The standard InChI is InChI=1S/C10H15BrN4O/c1-10(3-2-4-16-10)6-13-9-14-7(11)5-8(12)15-9/h5H,2-4,6H2,1H3,(H3,12,13,14,15). The summed E-state index contributed by atoms with van der Waals surface area (Å²) in [5.74, 6) is 0.977. The number of hydrogen-bond acceptors (Lipinski definition) is 5. The number of hydrogen-bond donors (Lipinski definition) is 2. The number of nitrogens with zero attached hydrogens (tertiary/aromatic N) is 2. The first-order chi connectivity index (χ1) is 7.57. The maximum Gasteiger partial charge on any atom is 0.225 e. The molecule has 2 heterocycles. The lowest BCUT2D eigenvalue weighted by Crippen LogP contribution is -2.33. The van der Waals surface area contributed by atoms with Gasteiger partial charge in [-0.1, -0.05) is 0 Å². The highest BCUT2D eigenvalue weighted by atomic mass is 79.9. The molecule has 0 saturated carbocycles. The molecule has 0 aliphatic carbocycles. The molecular formula is C10H15BrN4O. The molecule has 1 aromatic heterocycles. The van der Waals surface area contributed by atoms with E-state index in [2.05, 4.69) is 38.1 Å². The van der Waals surface area contributed by atoms with Gasteiger partial charge in [-0.3, -0.25) is 0 Å². The lowest BCUT2D eigenvalue weighted by molar-refractivity contribution is 0.0314. The third kappa shape index (κ3) is 2.82. The molecule has 1 aliphatic heterocycles. The number of rotatable bonds is 3. The molecule has 5 nitrogen and oxygen atoms in total. The van der Waals surface area contributed by atoms with Gasteiger partial charge in [0, 0.05) is 19.2 Å². The third-order valence-corrected chi connectivity index (χ3v) is 3.04. The lowest BCUT2D eigenvalue weighted by atomic mass is 10.0. The number of aromatic nitrogens is 2. The Morgan fingerprint density at radius 2 is 2.44 bits per heavy atom. The Labute approximate surface area is 103 Å². The van der Waals surface area contributed by atoms with E-state index in [1.165, 1.54) is 0 Å². The van der Waals surface area contributed by atoms with E-state index in [4.69, 9.17) is 10.5 Å². The van der Waals surface area contributed by atoms with E-state index >= 15 is 0 Å². The first-order valence-corrected chi connectivity index (χ1v) is 6.05. The van der Waals surface area contributed by atoms with Crippen LogP contribution in [0.4, 0.5) is 11.8 Å². The van der Waals surface area contributed by atoms with Crippen molar-refractivity contribution in [1.82, 2.24) is 9.97 Å². The van der Waals surface area contributed by atoms with Gasteiger partial charge in [0.25, 0.3) is 0 Å². The summed E-state index contributed by atoms with van der Waals surface area (Å²) in [6, 6.07) is 1.67. The molecule has 1 aliphatic rings. The lowest BCUT2D eigenvalue weighted by Gasteiger charge is -2.23. The highest BCUT2D eigenvalue weighted by Gasteiger charge is 2.29. The van der Waals surface area contributed by atoms with Crippen LogP contribution in [0.3, 0.4) is 0 Å². The van der Waals surface area contributed by atoms with E-state index in [0.717, 1.165) is 19.4 Å². The van der Waals surface area contributed by atoms with Crippen molar-refractivity contribution in [3.05, 3.63) is 10.7 Å². The summed E-state index contributed by atoms with van der Waals surface area (Å²) >= 11 is 3.28. The van der Waals surface area contributed by atoms with Crippen LogP contribution in [0.2, 0.25) is 0 Å². The van der Waals surface area contributed by atoms with Gasteiger partial charge < -0.3 is 15.8 Å². The van der Waals surface area contributed by atoms with Crippen LogP contribution in [-0.2, 0) is 4.74 Å². The van der Waals surface area contributed by atoms with Crippen LogP contribution < -0.4 is 11.1 Å². The Kier molecular flexibility index (Phi) is 3.30. The number of anilines is 2. The molecule has 1 saturated heterocycles. The van der Waals surface area contributed by atoms with Crippen molar-refractivity contribution >= 4 is 27.7 Å². The summed E-state index contributed by atoms with van der Waals surface area (Å²) in [6.45, 7) is 3.62. The number of halogens is 1. The minimum Gasteiger partial charge on any atom is -0.383 e. The Bertz CT molecular complexity index is 359. The summed E-state index contributed by atoms with van der Waals surface area (Å²) in [4.78, 5) is 8.28. The van der Waals surface area contributed by atoms with Crippen LogP contribution in [0.1, 0.15) is 19.8 Å². The molecule has 16 heavy (non-hydrogen) atoms. The fourth-order valence-electron chi connectivity index (χ4n) is 1.76. The van der Waals surface area contributed by atoms with Gasteiger partial charge in [0.15, 0.2) is 0 Å². The smallest absolute Gasteiger partial charge is 0.225 e. The summed E-state index contributed by atoms with van der Waals surface area (Å²) in [5.41, 5.74) is 5.51. The minimum absolute atomic E-state index is 0.111. The summed E-state index contributed by atoms with van der Waals surface area (Å²) in [7, 11) is 0. The monoisotopic (exact) mass is 286 g/mol. The molecule has 1 unspecified atom stereocenters. The molecule has 1 aromatic rings. The van der Waals surface area contributed by atoms with Crippen LogP contribution in [-0.4, -0.2) is 28.7 Å². The Balaban J connectivity index is 1.98. The predicted molar refractivity (Wildman–Crippen MR) is 66.2 cm³/mol. The van der Waals surface area contributed by atoms with E-state index in [9.17, 15) is 0 Å².